The van der Waals surface area contributed by atoms with Crippen molar-refractivity contribution in [1.29, 1.82) is 5.26 Å². The fraction of sp³-hybridized carbons (Fsp3) is 0.412. The first kappa shape index (κ1) is 30.2. The summed E-state index contributed by atoms with van der Waals surface area (Å²) in [5, 5.41) is 19.3. The zero-order valence-corrected chi connectivity index (χ0v) is 26.1. The topological polar surface area (TPSA) is 83.4 Å². The van der Waals surface area contributed by atoms with E-state index in [0.717, 1.165) is 23.1 Å². The number of methoxy groups -OCH3 is 2. The van der Waals surface area contributed by atoms with E-state index in [2.05, 4.69) is 37.5 Å². The van der Waals surface area contributed by atoms with Gasteiger partial charge in [-0.25, -0.2) is 0 Å². The standard InChI is InChI=1S/C34H37Cl2N3O3/c1-32(2,3)28-19-34(28)33(20-37,23-10-12-24(35)13-11-23)29(22-7-6-8-25(36)18-22)30(39-34)31(40)38-16-15-21-9-14-26(41-4)27(17-21)42-5/h6-14,17-18,28-30,39H,15-16,19H2,1-5H3,(H,38,40)/t28-,29-,30+,33+,34?/m0/s1. The largest absolute Gasteiger partial charge is 0.493 e. The number of hydrogen-bond donors (Lipinski definition) is 2. The van der Waals surface area contributed by atoms with Gasteiger partial charge in [-0.05, 0) is 77.3 Å². The van der Waals surface area contributed by atoms with Gasteiger partial charge >= 0.3 is 0 Å². The number of carbonyl (C=O) groups excluding carboxylic acids is 1. The average molecular weight is 607 g/mol. The molecule has 1 aliphatic carbocycles. The fourth-order valence-electron chi connectivity index (χ4n) is 7.13. The summed E-state index contributed by atoms with van der Waals surface area (Å²) >= 11 is 12.8. The van der Waals surface area contributed by atoms with Crippen LogP contribution in [-0.4, -0.2) is 38.3 Å². The first-order chi connectivity index (χ1) is 20.0. The van der Waals surface area contributed by atoms with E-state index < -0.39 is 22.9 Å². The number of benzene rings is 3. The van der Waals surface area contributed by atoms with Gasteiger partial charge in [0, 0.05) is 28.0 Å². The predicted octanol–water partition coefficient (Wildman–Crippen LogP) is 6.69. The summed E-state index contributed by atoms with van der Waals surface area (Å²) in [4.78, 5) is 14.1. The van der Waals surface area contributed by atoms with Crippen molar-refractivity contribution >= 4 is 29.1 Å². The molecule has 5 atom stereocenters. The number of nitriles is 1. The van der Waals surface area contributed by atoms with Crippen molar-refractivity contribution in [2.24, 2.45) is 11.3 Å². The highest BCUT2D eigenvalue weighted by atomic mass is 35.5. The number of ether oxygens (including phenoxy) is 2. The molecule has 0 bridgehead atoms. The minimum atomic E-state index is -1.04. The van der Waals surface area contributed by atoms with Gasteiger partial charge in [0.25, 0.3) is 0 Å². The first-order valence-corrected chi connectivity index (χ1v) is 15.0. The molecular weight excluding hydrogens is 569 g/mol. The second-order valence-corrected chi connectivity index (χ2v) is 13.3. The lowest BCUT2D eigenvalue weighted by Crippen LogP contribution is -2.48. The lowest BCUT2D eigenvalue weighted by molar-refractivity contribution is -0.123. The highest BCUT2D eigenvalue weighted by Crippen LogP contribution is 2.70. The van der Waals surface area contributed by atoms with E-state index in [4.69, 9.17) is 32.7 Å². The van der Waals surface area contributed by atoms with Crippen molar-refractivity contribution < 1.29 is 14.3 Å². The predicted molar refractivity (Wildman–Crippen MR) is 166 cm³/mol. The highest BCUT2D eigenvalue weighted by Gasteiger charge is 2.78. The van der Waals surface area contributed by atoms with Gasteiger partial charge in [-0.15, -0.1) is 0 Å². The van der Waals surface area contributed by atoms with Crippen LogP contribution in [0.5, 0.6) is 11.5 Å². The molecule has 220 valence electrons. The minimum Gasteiger partial charge on any atom is -0.493 e. The Morgan fingerprint density at radius 3 is 2.33 bits per heavy atom. The molecule has 2 N–H and O–H groups in total. The van der Waals surface area contributed by atoms with Crippen molar-refractivity contribution in [3.63, 3.8) is 0 Å². The van der Waals surface area contributed by atoms with Crippen LogP contribution in [0.2, 0.25) is 10.0 Å². The fourth-order valence-corrected chi connectivity index (χ4v) is 7.45. The summed E-state index contributed by atoms with van der Waals surface area (Å²) in [5.74, 6) is 0.835. The molecule has 42 heavy (non-hydrogen) atoms. The van der Waals surface area contributed by atoms with Crippen LogP contribution in [0.1, 0.15) is 49.8 Å². The smallest absolute Gasteiger partial charge is 0.237 e. The zero-order valence-electron chi connectivity index (χ0n) is 24.6. The Bertz CT molecular complexity index is 1510. The van der Waals surface area contributed by atoms with Crippen molar-refractivity contribution in [3.05, 3.63) is 93.5 Å². The molecule has 6 nitrogen and oxygen atoms in total. The molecule has 3 aromatic rings. The molecule has 1 aliphatic heterocycles. The summed E-state index contributed by atoms with van der Waals surface area (Å²) in [6.45, 7) is 7.01. The maximum Gasteiger partial charge on any atom is 0.237 e. The second-order valence-electron chi connectivity index (χ2n) is 12.4. The van der Waals surface area contributed by atoms with Gasteiger partial charge in [-0.1, -0.05) is 74.3 Å². The van der Waals surface area contributed by atoms with E-state index >= 15 is 0 Å². The lowest BCUT2D eigenvalue weighted by atomic mass is 9.62. The van der Waals surface area contributed by atoms with Crippen molar-refractivity contribution in [1.82, 2.24) is 10.6 Å². The molecule has 5 rings (SSSR count). The van der Waals surface area contributed by atoms with Gasteiger partial charge in [-0.2, -0.15) is 5.26 Å². The SMILES string of the molecule is COc1ccc(CCNC(=O)[C@@H]2NC3(C[C@H]3C(C)(C)C)[C@](C#N)(c3ccc(Cl)cc3)[C@H]2c2cccc(Cl)c2)cc1OC. The van der Waals surface area contributed by atoms with Crippen LogP contribution in [0.15, 0.2) is 66.7 Å². The molecule has 1 amide bonds. The third-order valence-corrected chi connectivity index (χ3v) is 9.54. The number of halogens is 2. The molecule has 3 aromatic carbocycles. The van der Waals surface area contributed by atoms with Crippen LogP contribution in [0, 0.1) is 22.7 Å². The molecule has 1 saturated heterocycles. The molecule has 1 spiro atoms. The van der Waals surface area contributed by atoms with E-state index in [0.29, 0.717) is 34.5 Å². The maximum absolute atomic E-state index is 14.1. The highest BCUT2D eigenvalue weighted by molar-refractivity contribution is 6.30. The molecule has 1 unspecified atom stereocenters. The van der Waals surface area contributed by atoms with E-state index in [9.17, 15) is 10.1 Å². The third kappa shape index (κ3) is 5.13. The third-order valence-electron chi connectivity index (χ3n) is 9.05. The summed E-state index contributed by atoms with van der Waals surface area (Å²) in [5.41, 5.74) is 0.983. The van der Waals surface area contributed by atoms with Gasteiger partial charge in [0.05, 0.1) is 26.3 Å². The van der Waals surface area contributed by atoms with Gasteiger partial charge in [0.1, 0.15) is 5.41 Å². The van der Waals surface area contributed by atoms with Crippen molar-refractivity contribution in [2.75, 3.05) is 20.8 Å². The van der Waals surface area contributed by atoms with Gasteiger partial charge in [-0.3, -0.25) is 10.1 Å². The van der Waals surface area contributed by atoms with Crippen LogP contribution in [0.4, 0.5) is 0 Å². The van der Waals surface area contributed by atoms with E-state index in [1.807, 2.05) is 66.7 Å². The summed E-state index contributed by atoms with van der Waals surface area (Å²) in [6, 6.07) is 22.9. The summed E-state index contributed by atoms with van der Waals surface area (Å²) in [6.07, 6.45) is 1.39. The first-order valence-electron chi connectivity index (χ1n) is 14.2. The van der Waals surface area contributed by atoms with E-state index in [1.54, 1.807) is 14.2 Å². The van der Waals surface area contributed by atoms with Crippen LogP contribution < -0.4 is 20.1 Å². The van der Waals surface area contributed by atoms with Crippen LogP contribution in [-0.2, 0) is 16.6 Å². The van der Waals surface area contributed by atoms with Crippen LogP contribution in [0.3, 0.4) is 0 Å². The second kappa shape index (κ2) is 11.4. The van der Waals surface area contributed by atoms with Gasteiger partial charge in [0.2, 0.25) is 5.91 Å². The number of nitrogens with zero attached hydrogens (tertiary/aromatic N) is 1. The Morgan fingerprint density at radius 2 is 1.74 bits per heavy atom. The molecule has 2 aliphatic rings. The zero-order chi connectivity index (χ0) is 30.3. The van der Waals surface area contributed by atoms with Crippen LogP contribution in [0.25, 0.3) is 0 Å². The van der Waals surface area contributed by atoms with E-state index in [1.165, 1.54) is 0 Å². The minimum absolute atomic E-state index is 0.0841. The molecule has 2 fully saturated rings. The Morgan fingerprint density at radius 1 is 1.02 bits per heavy atom. The quantitative estimate of drug-likeness (QED) is 0.299. The molecule has 8 heteroatoms. The van der Waals surface area contributed by atoms with Crippen molar-refractivity contribution in [2.45, 2.75) is 56.5 Å². The Hall–Kier alpha value is -3.24. The maximum atomic E-state index is 14.1. The summed E-state index contributed by atoms with van der Waals surface area (Å²) in [7, 11) is 3.21. The molecule has 1 saturated carbocycles. The number of rotatable bonds is 8. The van der Waals surface area contributed by atoms with E-state index in [-0.39, 0.29) is 17.2 Å². The number of hydrogen-bond acceptors (Lipinski definition) is 5. The Labute approximate surface area is 258 Å². The lowest BCUT2D eigenvalue weighted by Gasteiger charge is -2.37. The van der Waals surface area contributed by atoms with Gasteiger partial charge in [0.15, 0.2) is 11.5 Å². The number of nitrogens with one attached hydrogen (secondary N) is 2. The molecule has 0 radical (unpaired) electrons. The normalized spacial score (nSPS) is 26.5. The average Bonchev–Trinajstić information content (AvgIpc) is 3.64. The number of carbonyl (C=O) groups is 1. The molecule has 0 aromatic heterocycles. The summed E-state index contributed by atoms with van der Waals surface area (Å²) < 4.78 is 10.8. The Balaban J connectivity index is 1.53. The monoisotopic (exact) mass is 605 g/mol. The van der Waals surface area contributed by atoms with Crippen molar-refractivity contribution in [3.8, 4) is 17.6 Å². The van der Waals surface area contributed by atoms with Crippen LogP contribution >= 0.6 is 23.2 Å². The Kier molecular flexibility index (Phi) is 8.24. The van der Waals surface area contributed by atoms with Gasteiger partial charge < -0.3 is 14.8 Å². The molecular formula is C34H37Cl2N3O3. The number of amides is 1. The molecule has 1 heterocycles.